The molecule has 3 nitrogen and oxygen atoms in total. The number of methoxy groups -OCH3 is 1. The molecule has 18 heavy (non-hydrogen) atoms. The van der Waals surface area contributed by atoms with Gasteiger partial charge in [0.05, 0.1) is 7.11 Å². The highest BCUT2D eigenvalue weighted by atomic mass is 16.5. The van der Waals surface area contributed by atoms with Crippen LogP contribution in [0.2, 0.25) is 0 Å². The van der Waals surface area contributed by atoms with E-state index in [9.17, 15) is 0 Å². The fourth-order valence-electron chi connectivity index (χ4n) is 2.10. The van der Waals surface area contributed by atoms with E-state index in [1.165, 1.54) is 5.56 Å². The number of hydrogen-bond donors (Lipinski definition) is 1. The molecule has 102 valence electrons. The Labute approximate surface area is 111 Å². The highest BCUT2D eigenvalue weighted by Crippen LogP contribution is 2.16. The molecule has 0 radical (unpaired) electrons. The first-order valence-electron chi connectivity index (χ1n) is 6.58. The number of rotatable bonds is 7. The van der Waals surface area contributed by atoms with Crippen molar-refractivity contribution < 1.29 is 4.74 Å². The second-order valence-corrected chi connectivity index (χ2v) is 5.29. The molecule has 1 rings (SSSR count). The van der Waals surface area contributed by atoms with Crippen LogP contribution in [0.15, 0.2) is 24.3 Å². The van der Waals surface area contributed by atoms with E-state index in [0.717, 1.165) is 25.4 Å². The molecule has 0 amide bonds. The van der Waals surface area contributed by atoms with Gasteiger partial charge in [0.25, 0.3) is 0 Å². The Morgan fingerprint density at radius 3 is 2.61 bits per heavy atom. The number of benzene rings is 1. The monoisotopic (exact) mass is 250 g/mol. The van der Waals surface area contributed by atoms with E-state index in [0.29, 0.717) is 11.8 Å². The zero-order valence-electron chi connectivity index (χ0n) is 12.0. The standard InChI is InChI=1S/C15H26N2O/c1-12(2)14(9-16)11-17(3)10-13-6-5-7-15(8-13)18-4/h5-8,12,14H,9-11,16H2,1-4H3. The summed E-state index contributed by atoms with van der Waals surface area (Å²) >= 11 is 0. The first-order valence-corrected chi connectivity index (χ1v) is 6.58. The van der Waals surface area contributed by atoms with Crippen LogP contribution in [0.3, 0.4) is 0 Å². The second kappa shape index (κ2) is 7.39. The third kappa shape index (κ3) is 4.67. The minimum Gasteiger partial charge on any atom is -0.497 e. The highest BCUT2D eigenvalue weighted by molar-refractivity contribution is 5.28. The van der Waals surface area contributed by atoms with Crippen LogP contribution >= 0.6 is 0 Å². The average molecular weight is 250 g/mol. The zero-order valence-corrected chi connectivity index (χ0v) is 12.0. The number of ether oxygens (including phenoxy) is 1. The van der Waals surface area contributed by atoms with Gasteiger partial charge in [-0.3, -0.25) is 0 Å². The molecule has 1 atom stereocenters. The van der Waals surface area contributed by atoms with Crippen molar-refractivity contribution in [3.63, 3.8) is 0 Å². The Balaban J connectivity index is 2.55. The van der Waals surface area contributed by atoms with Gasteiger partial charge in [-0.05, 0) is 43.1 Å². The van der Waals surface area contributed by atoms with Gasteiger partial charge in [-0.25, -0.2) is 0 Å². The lowest BCUT2D eigenvalue weighted by Gasteiger charge is -2.25. The molecular formula is C15H26N2O. The Morgan fingerprint density at radius 2 is 2.06 bits per heavy atom. The Kier molecular flexibility index (Phi) is 6.16. The van der Waals surface area contributed by atoms with Gasteiger partial charge < -0.3 is 15.4 Å². The van der Waals surface area contributed by atoms with Crippen molar-refractivity contribution >= 4 is 0 Å². The van der Waals surface area contributed by atoms with Crippen molar-refractivity contribution in [2.24, 2.45) is 17.6 Å². The van der Waals surface area contributed by atoms with Crippen LogP contribution < -0.4 is 10.5 Å². The number of nitrogens with zero attached hydrogens (tertiary/aromatic N) is 1. The van der Waals surface area contributed by atoms with Crippen LogP contribution in [-0.2, 0) is 6.54 Å². The normalized spacial score (nSPS) is 13.1. The molecule has 0 bridgehead atoms. The first-order chi connectivity index (χ1) is 8.56. The molecule has 0 aliphatic rings. The smallest absolute Gasteiger partial charge is 0.119 e. The molecule has 0 fully saturated rings. The third-order valence-corrected chi connectivity index (χ3v) is 3.38. The van der Waals surface area contributed by atoms with E-state index in [4.69, 9.17) is 10.5 Å². The SMILES string of the molecule is COc1cccc(CN(C)CC(CN)C(C)C)c1. The van der Waals surface area contributed by atoms with Gasteiger partial charge >= 0.3 is 0 Å². The summed E-state index contributed by atoms with van der Waals surface area (Å²) < 4.78 is 5.24. The molecule has 1 aromatic carbocycles. The highest BCUT2D eigenvalue weighted by Gasteiger charge is 2.14. The molecule has 0 spiro atoms. The third-order valence-electron chi connectivity index (χ3n) is 3.38. The molecule has 0 aliphatic heterocycles. The Bertz CT molecular complexity index is 352. The van der Waals surface area contributed by atoms with Gasteiger partial charge in [-0.15, -0.1) is 0 Å². The lowest BCUT2D eigenvalue weighted by molar-refractivity contribution is 0.234. The fourth-order valence-corrected chi connectivity index (χ4v) is 2.10. The van der Waals surface area contributed by atoms with Crippen LogP contribution in [0, 0.1) is 11.8 Å². The molecular weight excluding hydrogens is 224 g/mol. The van der Waals surface area contributed by atoms with Crippen LogP contribution in [0.25, 0.3) is 0 Å². The van der Waals surface area contributed by atoms with Gasteiger partial charge in [0.15, 0.2) is 0 Å². The minimum atomic E-state index is 0.556. The molecule has 0 saturated carbocycles. The second-order valence-electron chi connectivity index (χ2n) is 5.29. The van der Waals surface area contributed by atoms with Gasteiger partial charge in [0, 0.05) is 13.1 Å². The van der Waals surface area contributed by atoms with Gasteiger partial charge in [-0.2, -0.15) is 0 Å². The molecule has 0 saturated heterocycles. The molecule has 2 N–H and O–H groups in total. The molecule has 0 aromatic heterocycles. The van der Waals surface area contributed by atoms with Gasteiger partial charge in [0.2, 0.25) is 0 Å². The van der Waals surface area contributed by atoms with Crippen LogP contribution in [0.4, 0.5) is 0 Å². The quantitative estimate of drug-likeness (QED) is 0.807. The molecule has 3 heteroatoms. The van der Waals surface area contributed by atoms with Gasteiger partial charge in [0.1, 0.15) is 5.75 Å². The molecule has 1 unspecified atom stereocenters. The maximum Gasteiger partial charge on any atom is 0.119 e. The van der Waals surface area contributed by atoms with Crippen molar-refractivity contribution in [1.82, 2.24) is 4.90 Å². The molecule has 0 aliphatic carbocycles. The van der Waals surface area contributed by atoms with E-state index < -0.39 is 0 Å². The van der Waals surface area contributed by atoms with Gasteiger partial charge in [-0.1, -0.05) is 26.0 Å². The van der Waals surface area contributed by atoms with Crippen molar-refractivity contribution in [1.29, 1.82) is 0 Å². The summed E-state index contributed by atoms with van der Waals surface area (Å²) in [4.78, 5) is 2.33. The van der Waals surface area contributed by atoms with Crippen LogP contribution in [-0.4, -0.2) is 32.1 Å². The minimum absolute atomic E-state index is 0.556. The topological polar surface area (TPSA) is 38.5 Å². The summed E-state index contributed by atoms with van der Waals surface area (Å²) in [5.41, 5.74) is 7.09. The van der Waals surface area contributed by atoms with E-state index >= 15 is 0 Å². The number of nitrogens with two attached hydrogens (primary N) is 1. The summed E-state index contributed by atoms with van der Waals surface area (Å²) in [6, 6.07) is 8.22. The van der Waals surface area contributed by atoms with Crippen LogP contribution in [0.5, 0.6) is 5.75 Å². The predicted molar refractivity (Wildman–Crippen MR) is 76.7 cm³/mol. The first kappa shape index (κ1) is 15.0. The summed E-state index contributed by atoms with van der Waals surface area (Å²) in [6.45, 7) is 7.18. The van der Waals surface area contributed by atoms with Crippen molar-refractivity contribution in [3.8, 4) is 5.75 Å². The summed E-state index contributed by atoms with van der Waals surface area (Å²) in [5, 5.41) is 0. The largest absolute Gasteiger partial charge is 0.497 e. The molecule has 1 aromatic rings. The summed E-state index contributed by atoms with van der Waals surface area (Å²) in [5.74, 6) is 2.10. The summed E-state index contributed by atoms with van der Waals surface area (Å²) in [6.07, 6.45) is 0. The van der Waals surface area contributed by atoms with E-state index in [1.807, 2.05) is 12.1 Å². The van der Waals surface area contributed by atoms with E-state index in [1.54, 1.807) is 7.11 Å². The average Bonchev–Trinajstić information content (AvgIpc) is 2.35. The van der Waals surface area contributed by atoms with E-state index in [2.05, 4.69) is 37.9 Å². The predicted octanol–water partition coefficient (Wildman–Crippen LogP) is 2.36. The number of hydrogen-bond acceptors (Lipinski definition) is 3. The molecule has 0 heterocycles. The van der Waals surface area contributed by atoms with Crippen molar-refractivity contribution in [2.45, 2.75) is 20.4 Å². The zero-order chi connectivity index (χ0) is 13.5. The van der Waals surface area contributed by atoms with Crippen LogP contribution in [0.1, 0.15) is 19.4 Å². The Hall–Kier alpha value is -1.06. The lowest BCUT2D eigenvalue weighted by Crippen LogP contribution is -2.32. The Morgan fingerprint density at radius 1 is 1.33 bits per heavy atom. The van der Waals surface area contributed by atoms with E-state index in [-0.39, 0.29) is 0 Å². The maximum absolute atomic E-state index is 5.81. The van der Waals surface area contributed by atoms with Crippen molar-refractivity contribution in [2.75, 3.05) is 27.2 Å². The van der Waals surface area contributed by atoms with Crippen molar-refractivity contribution in [3.05, 3.63) is 29.8 Å². The summed E-state index contributed by atoms with van der Waals surface area (Å²) in [7, 11) is 3.84. The lowest BCUT2D eigenvalue weighted by atomic mass is 9.95. The fraction of sp³-hybridized carbons (Fsp3) is 0.600. The maximum atomic E-state index is 5.81.